The smallest absolute Gasteiger partial charge is 0.330 e. The molecule has 0 radical (unpaired) electrons. The summed E-state index contributed by atoms with van der Waals surface area (Å²) in [5.41, 5.74) is 3.13. The second-order valence-electron chi connectivity index (χ2n) is 9.68. The third-order valence-corrected chi connectivity index (χ3v) is 6.64. The summed E-state index contributed by atoms with van der Waals surface area (Å²) in [6, 6.07) is 6.80. The lowest BCUT2D eigenvalue weighted by atomic mass is 10.1. The minimum atomic E-state index is -0.661. The van der Waals surface area contributed by atoms with Gasteiger partial charge in [-0.05, 0) is 44.5 Å². The Morgan fingerprint density at radius 3 is 2.77 bits per heavy atom. The van der Waals surface area contributed by atoms with Gasteiger partial charge in [0.15, 0.2) is 11.6 Å². The van der Waals surface area contributed by atoms with E-state index in [1.165, 1.54) is 19.3 Å². The summed E-state index contributed by atoms with van der Waals surface area (Å²) in [4.78, 5) is 31.0. The summed E-state index contributed by atoms with van der Waals surface area (Å²) in [5, 5.41) is 3.05. The van der Waals surface area contributed by atoms with Gasteiger partial charge in [-0.25, -0.2) is 33.5 Å². The summed E-state index contributed by atoms with van der Waals surface area (Å²) in [6.45, 7) is 7.90. The maximum Gasteiger partial charge on any atom is 0.330 e. The number of aromatic nitrogens is 5. The topological polar surface area (TPSA) is 98.1 Å². The van der Waals surface area contributed by atoms with Crippen molar-refractivity contribution in [3.8, 4) is 11.3 Å². The number of anilines is 2. The molecule has 0 atom stereocenters. The number of ether oxygens (including phenoxy) is 1. The van der Waals surface area contributed by atoms with E-state index in [0.717, 1.165) is 30.4 Å². The van der Waals surface area contributed by atoms with E-state index in [4.69, 9.17) is 4.98 Å². The summed E-state index contributed by atoms with van der Waals surface area (Å²) in [6.07, 6.45) is 5.00. The molecule has 11 heteroatoms. The Bertz CT molecular complexity index is 1580. The predicted molar refractivity (Wildman–Crippen MR) is 143 cm³/mol. The molecule has 0 fully saturated rings. The molecular formula is C28H29F2N7O2. The number of halogens is 2. The van der Waals surface area contributed by atoms with Gasteiger partial charge in [-0.2, -0.15) is 0 Å². The zero-order chi connectivity index (χ0) is 27.7. The molecule has 0 saturated carbocycles. The molecule has 0 spiro atoms. The van der Waals surface area contributed by atoms with Gasteiger partial charge in [-0.1, -0.05) is 12.1 Å². The van der Waals surface area contributed by atoms with Crippen LogP contribution in [0.15, 0.2) is 42.6 Å². The summed E-state index contributed by atoms with van der Waals surface area (Å²) in [7, 11) is 1.35. The SMILES string of the molecule is COC(=O)/C=C/CN1CCc2nc(Nc3ncc(F)c(-c4cc(F)c5nc(C)n(C(C)C)c5c4)n3)ccc2C1. The fourth-order valence-electron chi connectivity index (χ4n) is 4.87. The van der Waals surface area contributed by atoms with Crippen molar-refractivity contribution in [2.75, 3.05) is 25.5 Å². The molecule has 4 aromatic rings. The molecule has 9 nitrogen and oxygen atoms in total. The number of rotatable bonds is 7. The molecular weight excluding hydrogens is 504 g/mol. The molecule has 0 bridgehead atoms. The number of nitrogens with zero attached hydrogens (tertiary/aromatic N) is 6. The second-order valence-corrected chi connectivity index (χ2v) is 9.68. The van der Waals surface area contributed by atoms with Gasteiger partial charge in [0.05, 0.1) is 18.8 Å². The van der Waals surface area contributed by atoms with Crippen molar-refractivity contribution in [1.82, 2.24) is 29.4 Å². The van der Waals surface area contributed by atoms with Gasteiger partial charge >= 0.3 is 5.97 Å². The van der Waals surface area contributed by atoms with E-state index in [-0.39, 0.29) is 29.2 Å². The Kier molecular flexibility index (Phi) is 7.34. The molecule has 5 rings (SSSR count). The highest BCUT2D eigenvalue weighted by Gasteiger charge is 2.20. The van der Waals surface area contributed by atoms with E-state index in [2.05, 4.69) is 29.9 Å². The Balaban J connectivity index is 1.37. The highest BCUT2D eigenvalue weighted by atomic mass is 19.1. The first-order valence-corrected chi connectivity index (χ1v) is 12.7. The normalized spacial score (nSPS) is 13.8. The van der Waals surface area contributed by atoms with Gasteiger partial charge in [0.25, 0.3) is 0 Å². The molecule has 0 saturated heterocycles. The molecule has 1 aromatic carbocycles. The number of hydrogen-bond acceptors (Lipinski definition) is 8. The van der Waals surface area contributed by atoms with Gasteiger partial charge in [0, 0.05) is 49.4 Å². The van der Waals surface area contributed by atoms with Crippen LogP contribution in [0.1, 0.15) is 37.0 Å². The maximum atomic E-state index is 15.0. The number of imidazole rings is 1. The monoisotopic (exact) mass is 533 g/mol. The van der Waals surface area contributed by atoms with Gasteiger partial charge in [0.2, 0.25) is 5.95 Å². The third-order valence-electron chi connectivity index (χ3n) is 6.64. The first kappa shape index (κ1) is 26.4. The van der Waals surface area contributed by atoms with E-state index in [1.54, 1.807) is 12.1 Å². The molecule has 4 heterocycles. The molecule has 3 aromatic heterocycles. The largest absolute Gasteiger partial charge is 0.466 e. The number of hydrogen-bond donors (Lipinski definition) is 1. The zero-order valence-corrected chi connectivity index (χ0v) is 22.2. The summed E-state index contributed by atoms with van der Waals surface area (Å²) >= 11 is 0. The van der Waals surface area contributed by atoms with Crippen molar-refractivity contribution in [3.63, 3.8) is 0 Å². The van der Waals surface area contributed by atoms with Crippen LogP contribution in [0.25, 0.3) is 22.3 Å². The van der Waals surface area contributed by atoms with Gasteiger partial charge < -0.3 is 14.6 Å². The van der Waals surface area contributed by atoms with E-state index in [9.17, 15) is 13.6 Å². The van der Waals surface area contributed by atoms with Crippen LogP contribution in [0.5, 0.6) is 0 Å². The minimum Gasteiger partial charge on any atom is -0.466 e. The van der Waals surface area contributed by atoms with Crippen molar-refractivity contribution in [3.05, 3.63) is 71.3 Å². The lowest BCUT2D eigenvalue weighted by Gasteiger charge is -2.27. The molecule has 1 aliphatic heterocycles. The average Bonchev–Trinajstić information content (AvgIpc) is 3.26. The number of carbonyl (C=O) groups excluding carboxylic acids is 1. The second kappa shape index (κ2) is 10.9. The van der Waals surface area contributed by atoms with E-state index >= 15 is 0 Å². The minimum absolute atomic E-state index is 0.0175. The fraction of sp³-hybridized carbons (Fsp3) is 0.321. The summed E-state index contributed by atoms with van der Waals surface area (Å²) < 4.78 is 36.4. The third kappa shape index (κ3) is 5.49. The number of methoxy groups -OCH3 is 1. The van der Waals surface area contributed by atoms with Gasteiger partial charge in [-0.15, -0.1) is 0 Å². The van der Waals surface area contributed by atoms with Crippen LogP contribution >= 0.6 is 0 Å². The van der Waals surface area contributed by atoms with E-state index in [1.807, 2.05) is 37.5 Å². The Morgan fingerprint density at radius 2 is 2.00 bits per heavy atom. The Morgan fingerprint density at radius 1 is 1.18 bits per heavy atom. The Hall–Kier alpha value is -4.25. The molecule has 1 N–H and O–H groups in total. The quantitative estimate of drug-likeness (QED) is 0.265. The van der Waals surface area contributed by atoms with Crippen LogP contribution in [-0.4, -0.2) is 55.6 Å². The van der Waals surface area contributed by atoms with E-state index in [0.29, 0.717) is 35.8 Å². The van der Waals surface area contributed by atoms with Gasteiger partial charge in [0.1, 0.15) is 22.9 Å². The van der Waals surface area contributed by atoms with Crippen molar-refractivity contribution in [1.29, 1.82) is 0 Å². The van der Waals surface area contributed by atoms with Gasteiger partial charge in [-0.3, -0.25) is 4.90 Å². The number of benzene rings is 1. The zero-order valence-electron chi connectivity index (χ0n) is 22.2. The number of nitrogens with one attached hydrogen (secondary N) is 1. The fourth-order valence-corrected chi connectivity index (χ4v) is 4.87. The van der Waals surface area contributed by atoms with Crippen LogP contribution in [0.2, 0.25) is 0 Å². The van der Waals surface area contributed by atoms with Crippen LogP contribution in [0, 0.1) is 18.6 Å². The number of aryl methyl sites for hydroxylation is 1. The number of pyridine rings is 1. The van der Waals surface area contributed by atoms with Crippen molar-refractivity contribution < 1.29 is 18.3 Å². The van der Waals surface area contributed by atoms with Crippen LogP contribution < -0.4 is 5.32 Å². The standard InChI is InChI=1S/C28H29F2N7O2/c1-16(2)37-17(3)32-27-20(29)12-19(13-23(27)37)26-21(30)14-31-28(35-26)34-24-8-7-18-15-36(11-9-22(18)33-24)10-5-6-25(38)39-4/h5-8,12-14,16H,9-11,15H2,1-4H3,(H,31,33,34,35)/b6-5+. The number of esters is 1. The molecule has 202 valence electrons. The summed E-state index contributed by atoms with van der Waals surface area (Å²) in [5.74, 6) is -0.214. The Labute approximate surface area is 224 Å². The van der Waals surface area contributed by atoms with Crippen LogP contribution in [-0.2, 0) is 22.5 Å². The molecule has 39 heavy (non-hydrogen) atoms. The maximum absolute atomic E-state index is 15.0. The molecule has 0 amide bonds. The predicted octanol–water partition coefficient (Wildman–Crippen LogP) is 4.89. The van der Waals surface area contributed by atoms with Crippen LogP contribution in [0.4, 0.5) is 20.5 Å². The molecule has 0 unspecified atom stereocenters. The first-order chi connectivity index (χ1) is 18.7. The van der Waals surface area contributed by atoms with E-state index < -0.39 is 11.6 Å². The molecule has 0 aliphatic carbocycles. The lowest BCUT2D eigenvalue weighted by molar-refractivity contribution is -0.134. The van der Waals surface area contributed by atoms with Crippen molar-refractivity contribution in [2.24, 2.45) is 0 Å². The average molecular weight is 534 g/mol. The lowest BCUT2D eigenvalue weighted by Crippen LogP contribution is -2.31. The van der Waals surface area contributed by atoms with Crippen LogP contribution in [0.3, 0.4) is 0 Å². The van der Waals surface area contributed by atoms with Crippen molar-refractivity contribution >= 4 is 28.8 Å². The highest BCUT2D eigenvalue weighted by Crippen LogP contribution is 2.30. The number of fused-ring (bicyclic) bond motifs is 2. The first-order valence-electron chi connectivity index (χ1n) is 12.7. The highest BCUT2D eigenvalue weighted by molar-refractivity contribution is 5.83. The van der Waals surface area contributed by atoms with Crippen molar-refractivity contribution in [2.45, 2.75) is 39.8 Å². The molecule has 1 aliphatic rings. The number of carbonyl (C=O) groups is 1.